The third kappa shape index (κ3) is 4.79. The lowest BCUT2D eigenvalue weighted by Gasteiger charge is -2.08. The number of hydroxylamine groups is 2. The fourth-order valence-electron chi connectivity index (χ4n) is 1.80. The second-order valence-corrected chi connectivity index (χ2v) is 5.88. The summed E-state index contributed by atoms with van der Waals surface area (Å²) in [5.74, 6) is 5.08. The van der Waals surface area contributed by atoms with Crippen LogP contribution in [0.25, 0.3) is 0 Å². The molecule has 120 valence electrons. The number of thiophene rings is 1. The summed E-state index contributed by atoms with van der Waals surface area (Å²) in [5.41, 5.74) is 5.46. The van der Waals surface area contributed by atoms with Crippen molar-refractivity contribution in [3.05, 3.63) is 57.5 Å². The Labute approximate surface area is 136 Å². The van der Waals surface area contributed by atoms with E-state index in [2.05, 4.69) is 11.8 Å². The Bertz CT molecular complexity index is 734. The Balaban J connectivity index is 1.96. The van der Waals surface area contributed by atoms with Crippen LogP contribution in [-0.2, 0) is 6.42 Å². The maximum Gasteiger partial charge on any atom is 0.339 e. The number of hydrogen-bond acceptors (Lipinski definition) is 4. The van der Waals surface area contributed by atoms with Gasteiger partial charge in [0.2, 0.25) is 0 Å². The van der Waals surface area contributed by atoms with Crippen molar-refractivity contribution in [1.82, 2.24) is 5.06 Å². The molecule has 0 aliphatic rings. The van der Waals surface area contributed by atoms with Crippen LogP contribution in [0.4, 0.5) is 9.18 Å². The van der Waals surface area contributed by atoms with E-state index in [1.165, 1.54) is 23.5 Å². The van der Waals surface area contributed by atoms with Gasteiger partial charge in [0.05, 0.1) is 0 Å². The molecule has 7 heteroatoms. The lowest BCUT2D eigenvalue weighted by atomic mass is 10.1. The fraction of sp³-hybridized carbons (Fsp3) is 0.188. The molecule has 2 rings (SSSR count). The quantitative estimate of drug-likeness (QED) is 0.455. The second kappa shape index (κ2) is 7.74. The number of halogens is 1. The topological polar surface area (TPSA) is 86.8 Å². The molecule has 0 aliphatic heterocycles. The van der Waals surface area contributed by atoms with Crippen LogP contribution in [0.1, 0.15) is 21.4 Å². The first-order valence-electron chi connectivity index (χ1n) is 6.71. The highest BCUT2D eigenvalue weighted by Crippen LogP contribution is 2.28. The minimum absolute atomic E-state index is 0.161. The van der Waals surface area contributed by atoms with E-state index >= 15 is 0 Å². The molecule has 0 fully saturated rings. The van der Waals surface area contributed by atoms with E-state index in [0.29, 0.717) is 17.0 Å². The van der Waals surface area contributed by atoms with Crippen LogP contribution in [-0.4, -0.2) is 28.0 Å². The molecule has 1 aromatic heterocycles. The number of nitrogens with zero attached hydrogens (tertiary/aromatic N) is 1. The Kier molecular flexibility index (Phi) is 5.71. The number of aliphatic hydroxyl groups is 1. The number of hydrogen-bond donors (Lipinski definition) is 3. The van der Waals surface area contributed by atoms with Crippen LogP contribution in [0.2, 0.25) is 0 Å². The Morgan fingerprint density at radius 2 is 1.96 bits per heavy atom. The summed E-state index contributed by atoms with van der Waals surface area (Å²) in [6, 6.07) is 8.36. The first-order chi connectivity index (χ1) is 11.0. The van der Waals surface area contributed by atoms with Gasteiger partial charge in [0.1, 0.15) is 18.5 Å². The van der Waals surface area contributed by atoms with Crippen LogP contribution >= 0.6 is 11.3 Å². The molecule has 1 heterocycles. The van der Waals surface area contributed by atoms with E-state index < -0.39 is 12.1 Å². The number of urea groups is 1. The standard InChI is InChI=1S/C16H15FN2O3S/c17-12-6-4-11(5-7-12)15(20)14-9-8-13(23-14)3-1-2-10-19(22)16(18)21/h4-9,15,20,22H,3,10H2,(H2,18,21). The highest BCUT2D eigenvalue weighted by molar-refractivity contribution is 7.12. The van der Waals surface area contributed by atoms with Gasteiger partial charge in [-0.1, -0.05) is 24.0 Å². The largest absolute Gasteiger partial charge is 0.383 e. The average molecular weight is 334 g/mol. The highest BCUT2D eigenvalue weighted by Gasteiger charge is 2.12. The molecule has 0 saturated carbocycles. The van der Waals surface area contributed by atoms with Crippen molar-refractivity contribution in [3.63, 3.8) is 0 Å². The normalized spacial score (nSPS) is 11.4. The molecule has 0 bridgehead atoms. The Hall–Kier alpha value is -2.40. The number of carbonyl (C=O) groups is 1. The van der Waals surface area contributed by atoms with E-state index in [1.807, 2.05) is 6.07 Å². The van der Waals surface area contributed by atoms with Gasteiger partial charge in [-0.15, -0.1) is 11.3 Å². The zero-order valence-corrected chi connectivity index (χ0v) is 12.9. The fourth-order valence-corrected chi connectivity index (χ4v) is 2.77. The predicted molar refractivity (Wildman–Crippen MR) is 84.3 cm³/mol. The first kappa shape index (κ1) is 17.0. The number of primary amides is 1. The predicted octanol–water partition coefficient (Wildman–Crippen LogP) is 2.28. The van der Waals surface area contributed by atoms with Crippen molar-refractivity contribution in [1.29, 1.82) is 0 Å². The van der Waals surface area contributed by atoms with Crippen molar-refractivity contribution in [2.75, 3.05) is 6.54 Å². The molecule has 1 atom stereocenters. The van der Waals surface area contributed by atoms with Gasteiger partial charge in [-0.2, -0.15) is 5.06 Å². The molecular weight excluding hydrogens is 319 g/mol. The number of aliphatic hydroxyl groups excluding tert-OH is 1. The summed E-state index contributed by atoms with van der Waals surface area (Å²) in [5, 5.41) is 19.6. The Morgan fingerprint density at radius 3 is 2.61 bits per heavy atom. The van der Waals surface area contributed by atoms with Crippen molar-refractivity contribution >= 4 is 17.4 Å². The number of amides is 2. The lowest BCUT2D eigenvalue weighted by Crippen LogP contribution is -2.32. The summed E-state index contributed by atoms with van der Waals surface area (Å²) in [4.78, 5) is 12.2. The molecule has 0 aliphatic carbocycles. The molecule has 0 saturated heterocycles. The number of benzene rings is 1. The Morgan fingerprint density at radius 1 is 1.26 bits per heavy atom. The van der Waals surface area contributed by atoms with Crippen molar-refractivity contribution < 1.29 is 19.5 Å². The van der Waals surface area contributed by atoms with Crippen molar-refractivity contribution in [2.45, 2.75) is 12.5 Å². The van der Waals surface area contributed by atoms with E-state index in [-0.39, 0.29) is 12.4 Å². The summed E-state index contributed by atoms with van der Waals surface area (Å²) >= 11 is 1.39. The van der Waals surface area contributed by atoms with Crippen LogP contribution in [0.15, 0.2) is 36.4 Å². The van der Waals surface area contributed by atoms with Crippen molar-refractivity contribution in [2.24, 2.45) is 5.73 Å². The summed E-state index contributed by atoms with van der Waals surface area (Å²) < 4.78 is 12.9. The van der Waals surface area contributed by atoms with Gasteiger partial charge in [-0.05, 0) is 29.8 Å². The van der Waals surface area contributed by atoms with E-state index in [1.54, 1.807) is 18.2 Å². The smallest absolute Gasteiger partial charge is 0.339 e. The maximum atomic E-state index is 12.9. The highest BCUT2D eigenvalue weighted by atomic mass is 32.1. The zero-order valence-electron chi connectivity index (χ0n) is 12.1. The third-order valence-corrected chi connectivity index (χ3v) is 4.15. The van der Waals surface area contributed by atoms with Crippen LogP contribution in [0.5, 0.6) is 0 Å². The second-order valence-electron chi connectivity index (χ2n) is 4.68. The monoisotopic (exact) mass is 334 g/mol. The lowest BCUT2D eigenvalue weighted by molar-refractivity contribution is -0.0269. The van der Waals surface area contributed by atoms with Crippen LogP contribution in [0.3, 0.4) is 0 Å². The van der Waals surface area contributed by atoms with E-state index in [4.69, 9.17) is 10.9 Å². The maximum absolute atomic E-state index is 12.9. The molecular formula is C16H15FN2O3S. The van der Waals surface area contributed by atoms with Crippen LogP contribution < -0.4 is 5.73 Å². The SMILES string of the molecule is NC(=O)N(O)CC#CCc1ccc(C(O)c2ccc(F)cc2)s1. The molecule has 2 aromatic rings. The summed E-state index contributed by atoms with van der Waals surface area (Å²) in [6.45, 7) is -0.161. The molecule has 23 heavy (non-hydrogen) atoms. The molecule has 4 N–H and O–H groups in total. The minimum atomic E-state index is -0.958. The van der Waals surface area contributed by atoms with Crippen molar-refractivity contribution in [3.8, 4) is 11.8 Å². The molecule has 5 nitrogen and oxygen atoms in total. The minimum Gasteiger partial charge on any atom is -0.383 e. The summed E-state index contributed by atoms with van der Waals surface area (Å²) in [6.07, 6.45) is -0.391. The molecule has 1 aromatic carbocycles. The van der Waals surface area contributed by atoms with E-state index in [0.717, 1.165) is 9.75 Å². The van der Waals surface area contributed by atoms with Gasteiger partial charge in [-0.25, -0.2) is 9.18 Å². The molecule has 1 unspecified atom stereocenters. The number of rotatable bonds is 4. The number of carbonyl (C=O) groups excluding carboxylic acids is 1. The van der Waals surface area contributed by atoms with Gasteiger partial charge in [0.15, 0.2) is 0 Å². The molecule has 2 amide bonds. The van der Waals surface area contributed by atoms with Gasteiger partial charge in [-0.3, -0.25) is 5.21 Å². The average Bonchev–Trinajstić information content (AvgIpc) is 3.00. The first-order valence-corrected chi connectivity index (χ1v) is 7.52. The summed E-state index contributed by atoms with van der Waals surface area (Å²) in [7, 11) is 0. The van der Waals surface area contributed by atoms with Gasteiger partial charge in [0.25, 0.3) is 0 Å². The zero-order chi connectivity index (χ0) is 16.8. The molecule has 0 spiro atoms. The van der Waals surface area contributed by atoms with E-state index in [9.17, 15) is 14.3 Å². The van der Waals surface area contributed by atoms with Gasteiger partial charge >= 0.3 is 6.03 Å². The van der Waals surface area contributed by atoms with Crippen LogP contribution in [0, 0.1) is 17.7 Å². The number of nitrogens with two attached hydrogens (primary N) is 1. The molecule has 0 radical (unpaired) electrons. The van der Waals surface area contributed by atoms with Gasteiger partial charge in [0, 0.05) is 16.2 Å². The van der Waals surface area contributed by atoms with Gasteiger partial charge < -0.3 is 10.8 Å². The third-order valence-electron chi connectivity index (χ3n) is 3.01.